The summed E-state index contributed by atoms with van der Waals surface area (Å²) in [7, 11) is 0. The molecule has 2 aliphatic heterocycles. The molecule has 2 aromatic rings. The number of fused-ring (bicyclic) bond motifs is 1. The average molecular weight is 435 g/mol. The van der Waals surface area contributed by atoms with Crippen molar-refractivity contribution in [3.8, 4) is 0 Å². The van der Waals surface area contributed by atoms with Crippen molar-refractivity contribution < 1.29 is 9.59 Å². The fraction of sp³-hybridized carbons (Fsp3) is 0.520. The fourth-order valence-corrected chi connectivity index (χ4v) is 4.99. The van der Waals surface area contributed by atoms with Crippen molar-refractivity contribution in [3.63, 3.8) is 0 Å². The molecule has 1 N–H and O–H groups in total. The summed E-state index contributed by atoms with van der Waals surface area (Å²) in [6.07, 6.45) is 5.63. The molecule has 0 bridgehead atoms. The summed E-state index contributed by atoms with van der Waals surface area (Å²) in [5.41, 5.74) is 3.35. The van der Waals surface area contributed by atoms with Gasteiger partial charge in [0, 0.05) is 25.4 Å². The highest BCUT2D eigenvalue weighted by Crippen LogP contribution is 2.33. The Morgan fingerprint density at radius 3 is 2.78 bits per heavy atom. The summed E-state index contributed by atoms with van der Waals surface area (Å²) in [5, 5.41) is 0. The Bertz CT molecular complexity index is 1100. The van der Waals surface area contributed by atoms with Crippen LogP contribution >= 0.6 is 0 Å². The second-order valence-electron chi connectivity index (χ2n) is 9.43. The van der Waals surface area contributed by atoms with Crippen LogP contribution < -0.4 is 5.56 Å². The molecule has 1 aliphatic carbocycles. The van der Waals surface area contributed by atoms with Crippen LogP contribution in [0.3, 0.4) is 0 Å². The van der Waals surface area contributed by atoms with Crippen LogP contribution in [0.1, 0.15) is 66.4 Å². The van der Waals surface area contributed by atoms with Crippen molar-refractivity contribution in [1.29, 1.82) is 0 Å². The molecule has 1 saturated heterocycles. The summed E-state index contributed by atoms with van der Waals surface area (Å²) in [6.45, 7) is 3.66. The van der Waals surface area contributed by atoms with Gasteiger partial charge in [-0.3, -0.25) is 14.4 Å². The van der Waals surface area contributed by atoms with Gasteiger partial charge in [0.2, 0.25) is 11.8 Å². The number of piperidine rings is 1. The molecule has 1 saturated carbocycles. The smallest absolute Gasteiger partial charge is 0.256 e. The standard InChI is InChI=1S/C25H30N4O3/c1-16-5-4-6-17(13-16)14-22(30)29-11-3-2-7-21(29)23-26-20-10-12-28(25(32)18-8-9-18)15-19(20)24(31)27-23/h4-6,13,18,21H,2-3,7-12,14-15H2,1H3,(H,26,27,31)/t21-/m0/s1. The molecule has 168 valence electrons. The van der Waals surface area contributed by atoms with Crippen LogP contribution in [0.2, 0.25) is 0 Å². The average Bonchev–Trinajstić information content (AvgIpc) is 3.64. The summed E-state index contributed by atoms with van der Waals surface area (Å²) in [6, 6.07) is 7.83. The molecule has 1 aromatic carbocycles. The van der Waals surface area contributed by atoms with Crippen LogP contribution in [0.25, 0.3) is 0 Å². The number of likely N-dealkylation sites (tertiary alicyclic amines) is 1. The summed E-state index contributed by atoms with van der Waals surface area (Å²) in [4.78, 5) is 50.0. The van der Waals surface area contributed by atoms with Gasteiger partial charge >= 0.3 is 0 Å². The van der Waals surface area contributed by atoms with E-state index in [-0.39, 0.29) is 29.3 Å². The number of nitrogens with one attached hydrogen (secondary N) is 1. The Labute approximate surface area is 187 Å². The van der Waals surface area contributed by atoms with Gasteiger partial charge in [0.25, 0.3) is 5.56 Å². The first-order chi connectivity index (χ1) is 15.5. The molecule has 2 amide bonds. The number of amides is 2. The van der Waals surface area contributed by atoms with Crippen molar-refractivity contribution in [1.82, 2.24) is 19.8 Å². The zero-order valence-electron chi connectivity index (χ0n) is 18.6. The normalized spacial score (nSPS) is 20.7. The molecular formula is C25H30N4O3. The van der Waals surface area contributed by atoms with Crippen molar-refractivity contribution in [2.24, 2.45) is 5.92 Å². The van der Waals surface area contributed by atoms with Crippen molar-refractivity contribution in [2.45, 2.75) is 64.5 Å². The SMILES string of the molecule is Cc1cccc(CC(=O)N2CCCC[C@H]2c2nc3c(c(=O)[nH]2)CN(C(=O)C2CC2)CC3)c1. The number of hydrogen-bond donors (Lipinski definition) is 1. The number of aromatic nitrogens is 2. The minimum absolute atomic E-state index is 0.0712. The Balaban J connectivity index is 1.37. The van der Waals surface area contributed by atoms with Crippen molar-refractivity contribution >= 4 is 11.8 Å². The van der Waals surface area contributed by atoms with Gasteiger partial charge in [-0.25, -0.2) is 4.98 Å². The van der Waals surface area contributed by atoms with Crippen LogP contribution in [0, 0.1) is 12.8 Å². The van der Waals surface area contributed by atoms with E-state index in [4.69, 9.17) is 4.98 Å². The molecule has 1 atom stereocenters. The molecule has 0 unspecified atom stereocenters. The second kappa shape index (κ2) is 8.52. The van der Waals surface area contributed by atoms with E-state index < -0.39 is 0 Å². The van der Waals surface area contributed by atoms with E-state index >= 15 is 0 Å². The number of aromatic amines is 1. The largest absolute Gasteiger partial charge is 0.337 e. The number of carbonyl (C=O) groups is 2. The summed E-state index contributed by atoms with van der Waals surface area (Å²) >= 11 is 0. The van der Waals surface area contributed by atoms with E-state index in [9.17, 15) is 14.4 Å². The van der Waals surface area contributed by atoms with Crippen LogP contribution in [0.5, 0.6) is 0 Å². The predicted molar refractivity (Wildman–Crippen MR) is 120 cm³/mol. The van der Waals surface area contributed by atoms with E-state index in [1.54, 1.807) is 4.90 Å². The van der Waals surface area contributed by atoms with Gasteiger partial charge in [-0.2, -0.15) is 0 Å². The number of carbonyl (C=O) groups excluding carboxylic acids is 2. The first-order valence-electron chi connectivity index (χ1n) is 11.8. The lowest BCUT2D eigenvalue weighted by molar-refractivity contribution is -0.135. The lowest BCUT2D eigenvalue weighted by Gasteiger charge is -2.36. The topological polar surface area (TPSA) is 86.4 Å². The third kappa shape index (κ3) is 4.20. The summed E-state index contributed by atoms with van der Waals surface area (Å²) < 4.78 is 0. The van der Waals surface area contributed by atoms with Crippen LogP contribution in [0.4, 0.5) is 0 Å². The fourth-order valence-electron chi connectivity index (χ4n) is 4.99. The van der Waals surface area contributed by atoms with Crippen LogP contribution in [-0.2, 0) is 29.0 Å². The minimum Gasteiger partial charge on any atom is -0.337 e. The monoisotopic (exact) mass is 434 g/mol. The Morgan fingerprint density at radius 2 is 2.00 bits per heavy atom. The third-order valence-corrected chi connectivity index (χ3v) is 6.90. The molecule has 7 nitrogen and oxygen atoms in total. The van der Waals surface area contributed by atoms with E-state index in [1.807, 2.05) is 36.1 Å². The van der Waals surface area contributed by atoms with Gasteiger partial charge in [-0.05, 0) is 44.6 Å². The zero-order chi connectivity index (χ0) is 22.2. The minimum atomic E-state index is -0.204. The molecule has 32 heavy (non-hydrogen) atoms. The lowest BCUT2D eigenvalue weighted by Crippen LogP contribution is -2.43. The maximum absolute atomic E-state index is 13.2. The van der Waals surface area contributed by atoms with Gasteiger partial charge in [-0.1, -0.05) is 29.8 Å². The maximum atomic E-state index is 13.2. The second-order valence-corrected chi connectivity index (χ2v) is 9.43. The highest BCUT2D eigenvalue weighted by Gasteiger charge is 2.36. The van der Waals surface area contributed by atoms with Crippen LogP contribution in [0.15, 0.2) is 29.1 Å². The molecule has 2 fully saturated rings. The highest BCUT2D eigenvalue weighted by atomic mass is 16.2. The first-order valence-corrected chi connectivity index (χ1v) is 11.8. The zero-order valence-corrected chi connectivity index (χ0v) is 18.6. The van der Waals surface area contributed by atoms with E-state index in [0.29, 0.717) is 43.9 Å². The predicted octanol–water partition coefficient (Wildman–Crippen LogP) is 2.67. The molecule has 0 radical (unpaired) electrons. The lowest BCUT2D eigenvalue weighted by atomic mass is 9.99. The molecule has 7 heteroatoms. The third-order valence-electron chi connectivity index (χ3n) is 6.90. The number of benzene rings is 1. The Hall–Kier alpha value is -2.96. The van der Waals surface area contributed by atoms with Crippen molar-refractivity contribution in [2.75, 3.05) is 13.1 Å². The molecular weight excluding hydrogens is 404 g/mol. The number of H-pyrrole nitrogens is 1. The Kier molecular flexibility index (Phi) is 5.57. The quantitative estimate of drug-likeness (QED) is 0.802. The summed E-state index contributed by atoms with van der Waals surface area (Å²) in [5.74, 6) is 0.979. The van der Waals surface area contributed by atoms with E-state index in [2.05, 4.69) is 4.98 Å². The molecule has 3 aliphatic rings. The number of rotatable bonds is 4. The van der Waals surface area contributed by atoms with Crippen LogP contribution in [-0.4, -0.2) is 44.7 Å². The maximum Gasteiger partial charge on any atom is 0.256 e. The van der Waals surface area contributed by atoms with Gasteiger partial charge in [0.05, 0.1) is 30.3 Å². The highest BCUT2D eigenvalue weighted by molar-refractivity contribution is 5.81. The molecule has 0 spiro atoms. The van der Waals surface area contributed by atoms with E-state index in [1.165, 1.54) is 0 Å². The van der Waals surface area contributed by atoms with Gasteiger partial charge in [-0.15, -0.1) is 0 Å². The number of aryl methyl sites for hydroxylation is 1. The molecule has 1 aromatic heterocycles. The van der Waals surface area contributed by atoms with E-state index in [0.717, 1.165) is 48.9 Å². The van der Waals surface area contributed by atoms with Gasteiger partial charge in [0.15, 0.2) is 0 Å². The molecule has 5 rings (SSSR count). The number of nitrogens with zero attached hydrogens (tertiary/aromatic N) is 3. The molecule has 3 heterocycles. The van der Waals surface area contributed by atoms with Gasteiger partial charge < -0.3 is 14.8 Å². The first kappa shape index (κ1) is 20.9. The Morgan fingerprint density at radius 1 is 1.16 bits per heavy atom. The number of hydrogen-bond acceptors (Lipinski definition) is 4. The van der Waals surface area contributed by atoms with Gasteiger partial charge in [0.1, 0.15) is 5.82 Å². The van der Waals surface area contributed by atoms with Crippen molar-refractivity contribution in [3.05, 3.63) is 62.8 Å².